The van der Waals surface area contributed by atoms with Crippen molar-refractivity contribution >= 4 is 0 Å². The zero-order valence-corrected chi connectivity index (χ0v) is 28.4. The highest BCUT2D eigenvalue weighted by Crippen LogP contribution is 2.39. The summed E-state index contributed by atoms with van der Waals surface area (Å²) in [6, 6.07) is 7.73. The van der Waals surface area contributed by atoms with Gasteiger partial charge in [-0.25, -0.2) is 0 Å². The molecule has 0 aromatic rings. The van der Waals surface area contributed by atoms with Crippen LogP contribution >= 0.6 is 0 Å². The maximum absolute atomic E-state index is 4.26. The van der Waals surface area contributed by atoms with Gasteiger partial charge in [0.1, 0.15) is 0 Å². The van der Waals surface area contributed by atoms with E-state index in [0.717, 1.165) is 32.1 Å². The van der Waals surface area contributed by atoms with Crippen LogP contribution in [0.3, 0.4) is 0 Å². The number of rotatable bonds is 1. The van der Waals surface area contributed by atoms with Crippen molar-refractivity contribution < 1.29 is 0 Å². The van der Waals surface area contributed by atoms with E-state index in [2.05, 4.69) is 109 Å². The van der Waals surface area contributed by atoms with Gasteiger partial charge in [0.05, 0.1) is 0 Å². The van der Waals surface area contributed by atoms with E-state index in [0.29, 0.717) is 103 Å². The predicted octanol–water partition coefficient (Wildman–Crippen LogP) is 2.35. The largest absolute Gasteiger partial charge is 0.311 e. The second kappa shape index (κ2) is 13.0. The molecule has 10 heterocycles. The summed E-state index contributed by atoms with van der Waals surface area (Å²) < 4.78 is 0. The molecular formula is C40H58N8. The van der Waals surface area contributed by atoms with Gasteiger partial charge < -0.3 is 42.5 Å². The summed E-state index contributed by atoms with van der Waals surface area (Å²) in [7, 11) is 0. The Hall–Kier alpha value is -1.88. The lowest BCUT2D eigenvalue weighted by Crippen LogP contribution is -2.45. The second-order valence-corrected chi connectivity index (χ2v) is 17.2. The van der Waals surface area contributed by atoms with E-state index in [9.17, 15) is 0 Å². The van der Waals surface area contributed by atoms with E-state index < -0.39 is 0 Å². The number of fused-ring (bicyclic) bond motifs is 16. The maximum Gasteiger partial charge on any atom is 0.0306 e. The molecule has 10 aliphatic rings. The van der Waals surface area contributed by atoms with Crippen molar-refractivity contribution in [2.24, 2.45) is 5.92 Å². The highest BCUT2D eigenvalue weighted by molar-refractivity contribution is 5.31. The van der Waals surface area contributed by atoms with Gasteiger partial charge in [-0.2, -0.15) is 0 Å². The minimum Gasteiger partial charge on any atom is -0.311 e. The molecule has 4 fully saturated rings. The Labute approximate surface area is 287 Å². The molecule has 0 amide bonds. The zero-order valence-electron chi connectivity index (χ0n) is 28.4. The molecular weight excluding hydrogens is 592 g/mol. The number of hydrogen-bond donors (Lipinski definition) is 8. The molecule has 0 aromatic heterocycles. The molecule has 8 nitrogen and oxygen atoms in total. The van der Waals surface area contributed by atoms with Crippen LogP contribution < -0.4 is 42.5 Å². The minimum absolute atomic E-state index is 0.417. The first-order valence-corrected chi connectivity index (χ1v) is 19.8. The molecule has 48 heavy (non-hydrogen) atoms. The summed E-state index contributed by atoms with van der Waals surface area (Å²) in [4.78, 5) is 0. The normalized spacial score (nSPS) is 52.2. The van der Waals surface area contributed by atoms with E-state index >= 15 is 0 Å². The highest BCUT2D eigenvalue weighted by Gasteiger charge is 2.44. The molecule has 8 N–H and O–H groups in total. The van der Waals surface area contributed by atoms with Crippen LogP contribution in [0.15, 0.2) is 72.4 Å². The molecule has 0 aromatic carbocycles. The lowest BCUT2D eigenvalue weighted by Gasteiger charge is -2.30. The third kappa shape index (κ3) is 6.53. The van der Waals surface area contributed by atoms with Gasteiger partial charge >= 0.3 is 0 Å². The predicted molar refractivity (Wildman–Crippen MR) is 194 cm³/mol. The van der Waals surface area contributed by atoms with Crippen LogP contribution in [0.25, 0.3) is 0 Å². The molecule has 17 unspecified atom stereocenters. The fourth-order valence-electron chi connectivity index (χ4n) is 11.5. The van der Waals surface area contributed by atoms with Crippen molar-refractivity contribution in [3.05, 3.63) is 72.4 Å². The molecule has 0 aliphatic carbocycles. The fourth-order valence-corrected chi connectivity index (χ4v) is 11.5. The van der Waals surface area contributed by atoms with E-state index in [1.807, 2.05) is 0 Å². The van der Waals surface area contributed by atoms with Crippen molar-refractivity contribution in [3.63, 3.8) is 0 Å². The van der Waals surface area contributed by atoms with Gasteiger partial charge in [0.15, 0.2) is 0 Å². The fraction of sp³-hybridized carbons (Fsp3) is 0.700. The topological polar surface area (TPSA) is 96.2 Å². The Morgan fingerprint density at radius 1 is 0.333 bits per heavy atom. The molecule has 17 atom stereocenters. The lowest BCUT2D eigenvalue weighted by molar-refractivity contribution is 0.364. The number of nitrogens with one attached hydrogen (secondary N) is 8. The van der Waals surface area contributed by atoms with Crippen LogP contribution in [0.1, 0.15) is 70.6 Å². The Morgan fingerprint density at radius 2 is 0.750 bits per heavy atom. The molecule has 16 bridgehead atoms. The summed E-state index contributed by atoms with van der Waals surface area (Å²) in [6.07, 6.45) is 40.4. The van der Waals surface area contributed by atoms with E-state index in [1.165, 1.54) is 38.5 Å². The van der Waals surface area contributed by atoms with Crippen molar-refractivity contribution in [2.75, 3.05) is 0 Å². The van der Waals surface area contributed by atoms with Crippen molar-refractivity contribution in [3.8, 4) is 0 Å². The second-order valence-electron chi connectivity index (χ2n) is 17.2. The molecule has 258 valence electrons. The Morgan fingerprint density at radius 3 is 1.27 bits per heavy atom. The van der Waals surface area contributed by atoms with Crippen LogP contribution in [-0.2, 0) is 0 Å². The standard InChI is InChI=1S/C40H58N8/c1-3-25-15-29-9-11-33(45-29)21-39-37(19-35(47-39)17-31-7-5-27(43-31)13-23(1)41-25)38-20-36-18-32-8-6-28(44-32)14-24-2-4-26(42-24)16-30-10-12-34(46-30)22-40(38)48-36/h1,3,5-12,20,23-37,39-48H,2,4,13-19,21-22H2. The first-order valence-electron chi connectivity index (χ1n) is 19.8. The molecule has 10 rings (SSSR count). The molecule has 0 spiro atoms. The maximum atomic E-state index is 4.26. The summed E-state index contributed by atoms with van der Waals surface area (Å²) in [5.41, 5.74) is 1.69. The van der Waals surface area contributed by atoms with E-state index in [4.69, 9.17) is 0 Å². The van der Waals surface area contributed by atoms with Crippen LogP contribution in [-0.4, -0.2) is 96.7 Å². The smallest absolute Gasteiger partial charge is 0.0306 e. The monoisotopic (exact) mass is 650 g/mol. The van der Waals surface area contributed by atoms with E-state index in [-0.39, 0.29) is 0 Å². The highest BCUT2D eigenvalue weighted by atomic mass is 15.1. The van der Waals surface area contributed by atoms with Crippen molar-refractivity contribution in [1.82, 2.24) is 42.5 Å². The van der Waals surface area contributed by atoms with Crippen LogP contribution in [0.4, 0.5) is 0 Å². The summed E-state index contributed by atoms with van der Waals surface area (Å²) in [6.45, 7) is 0. The first kappa shape index (κ1) is 30.9. The lowest BCUT2D eigenvalue weighted by atomic mass is 9.82. The van der Waals surface area contributed by atoms with Gasteiger partial charge in [-0.3, -0.25) is 0 Å². The summed E-state index contributed by atoms with van der Waals surface area (Å²) in [5.74, 6) is 0.562. The molecule has 4 saturated heterocycles. The van der Waals surface area contributed by atoms with Gasteiger partial charge in [-0.15, -0.1) is 0 Å². The number of hydrogen-bond acceptors (Lipinski definition) is 8. The Bertz CT molecular complexity index is 1380. The Balaban J connectivity index is 0.904. The van der Waals surface area contributed by atoms with Gasteiger partial charge in [0, 0.05) is 96.7 Å². The van der Waals surface area contributed by atoms with Gasteiger partial charge in [-0.05, 0) is 76.5 Å². The van der Waals surface area contributed by atoms with Crippen LogP contribution in [0, 0.1) is 5.92 Å². The molecule has 10 aliphatic heterocycles. The molecule has 8 heteroatoms. The van der Waals surface area contributed by atoms with Gasteiger partial charge in [0.2, 0.25) is 0 Å². The first-order chi connectivity index (χ1) is 23.6. The van der Waals surface area contributed by atoms with E-state index in [1.54, 1.807) is 5.57 Å². The van der Waals surface area contributed by atoms with Crippen molar-refractivity contribution in [2.45, 2.75) is 167 Å². The average Bonchev–Trinajstić information content (AvgIpc) is 3.89. The summed E-state index contributed by atoms with van der Waals surface area (Å²) >= 11 is 0. The minimum atomic E-state index is 0.417. The zero-order chi connectivity index (χ0) is 31.6. The van der Waals surface area contributed by atoms with Crippen LogP contribution in [0.5, 0.6) is 0 Å². The average molecular weight is 651 g/mol. The third-order valence-corrected chi connectivity index (χ3v) is 13.6. The Kier molecular flexibility index (Phi) is 8.39. The summed E-state index contributed by atoms with van der Waals surface area (Å²) in [5, 5.41) is 32.4. The van der Waals surface area contributed by atoms with Crippen LogP contribution in [0.2, 0.25) is 0 Å². The SMILES string of the molecule is C1=CC2CC3C=CC(CC4NC(CC5C=CC(CC1N2)N5)CC4C1=CC2CC4C=CC(CC5CCC(CC6C=CC(CC1N2)N6)N5)N4)N3. The molecule has 0 radical (unpaired) electrons. The van der Waals surface area contributed by atoms with Gasteiger partial charge in [-0.1, -0.05) is 72.4 Å². The van der Waals surface area contributed by atoms with Crippen molar-refractivity contribution in [1.29, 1.82) is 0 Å². The molecule has 0 saturated carbocycles. The van der Waals surface area contributed by atoms with Gasteiger partial charge in [0.25, 0.3) is 0 Å². The quantitative estimate of drug-likeness (QED) is 0.205. The third-order valence-electron chi connectivity index (χ3n) is 13.6.